The number of anilines is 1. The summed E-state index contributed by atoms with van der Waals surface area (Å²) in [4.78, 5) is 12.6. The highest BCUT2D eigenvalue weighted by atomic mass is 16.5. The van der Waals surface area contributed by atoms with E-state index in [-0.39, 0.29) is 6.42 Å². The van der Waals surface area contributed by atoms with Gasteiger partial charge in [-0.2, -0.15) is 0 Å². The third kappa shape index (κ3) is 2.13. The van der Waals surface area contributed by atoms with Crippen LogP contribution in [0.3, 0.4) is 0 Å². The third-order valence-corrected chi connectivity index (χ3v) is 2.55. The first-order chi connectivity index (χ1) is 7.68. The van der Waals surface area contributed by atoms with Crippen molar-refractivity contribution in [2.24, 2.45) is 7.05 Å². The van der Waals surface area contributed by atoms with Crippen LogP contribution in [0.2, 0.25) is 0 Å². The fraction of sp³-hybridized carbons (Fsp3) is 0.667. The molecule has 0 amide bonds. The Morgan fingerprint density at radius 3 is 2.75 bits per heavy atom. The number of hydrogen-bond acceptors (Lipinski definition) is 5. The van der Waals surface area contributed by atoms with Gasteiger partial charge in [0.2, 0.25) is 5.95 Å². The molecule has 1 N–H and O–H groups in total. The summed E-state index contributed by atoms with van der Waals surface area (Å²) in [6.45, 7) is 2.86. The van der Waals surface area contributed by atoms with Gasteiger partial charge in [0.1, 0.15) is 12.2 Å². The average Bonchev–Trinajstić information content (AvgIpc) is 2.61. The van der Waals surface area contributed by atoms with E-state index in [0.717, 1.165) is 13.1 Å². The molecule has 2 rings (SSSR count). The van der Waals surface area contributed by atoms with E-state index in [9.17, 15) is 4.79 Å². The van der Waals surface area contributed by atoms with Crippen molar-refractivity contribution in [2.45, 2.75) is 6.42 Å². The molecule has 0 spiro atoms. The molecular weight excluding hydrogens is 212 g/mol. The highest BCUT2D eigenvalue weighted by Gasteiger charge is 2.19. The molecule has 0 aromatic carbocycles. The minimum atomic E-state index is -0.899. The molecule has 0 radical (unpaired) electrons. The number of morpholine rings is 1. The molecule has 1 aromatic heterocycles. The Bertz CT molecular complexity index is 384. The normalized spacial score (nSPS) is 16.4. The summed E-state index contributed by atoms with van der Waals surface area (Å²) in [5.41, 5.74) is 0. The summed E-state index contributed by atoms with van der Waals surface area (Å²) >= 11 is 0. The second-order valence-corrected chi connectivity index (χ2v) is 3.65. The van der Waals surface area contributed by atoms with Crippen LogP contribution < -0.4 is 4.90 Å². The van der Waals surface area contributed by atoms with Gasteiger partial charge in [0, 0.05) is 20.1 Å². The van der Waals surface area contributed by atoms with E-state index >= 15 is 0 Å². The molecule has 1 fully saturated rings. The van der Waals surface area contributed by atoms with Crippen LogP contribution in [0.25, 0.3) is 0 Å². The van der Waals surface area contributed by atoms with E-state index in [1.165, 1.54) is 0 Å². The molecule has 0 saturated carbocycles. The lowest BCUT2D eigenvalue weighted by molar-refractivity contribution is -0.136. The molecule has 88 valence electrons. The standard InChI is InChI=1S/C9H14N4O3/c1-12-7(6-8(14)15)10-11-9(12)13-2-4-16-5-3-13/h2-6H2,1H3,(H,14,15). The van der Waals surface area contributed by atoms with Crippen molar-refractivity contribution in [3.63, 3.8) is 0 Å². The predicted octanol–water partition coefficient (Wildman–Crippen LogP) is -0.721. The van der Waals surface area contributed by atoms with Crippen molar-refractivity contribution in [1.29, 1.82) is 0 Å². The molecular formula is C9H14N4O3. The van der Waals surface area contributed by atoms with Crippen LogP contribution in [-0.4, -0.2) is 52.1 Å². The lowest BCUT2D eigenvalue weighted by Gasteiger charge is -2.27. The summed E-state index contributed by atoms with van der Waals surface area (Å²) in [6, 6.07) is 0. The van der Waals surface area contributed by atoms with Gasteiger partial charge in [0.05, 0.1) is 13.2 Å². The Morgan fingerprint density at radius 2 is 2.12 bits per heavy atom. The summed E-state index contributed by atoms with van der Waals surface area (Å²) in [5, 5.41) is 16.6. The number of carboxylic acid groups (broad SMARTS) is 1. The number of aliphatic carboxylic acids is 1. The maximum Gasteiger partial charge on any atom is 0.311 e. The lowest BCUT2D eigenvalue weighted by Crippen LogP contribution is -2.37. The van der Waals surface area contributed by atoms with E-state index < -0.39 is 5.97 Å². The lowest BCUT2D eigenvalue weighted by atomic mass is 10.4. The van der Waals surface area contributed by atoms with Gasteiger partial charge in [-0.15, -0.1) is 10.2 Å². The summed E-state index contributed by atoms with van der Waals surface area (Å²) in [6.07, 6.45) is -0.103. The van der Waals surface area contributed by atoms with Gasteiger partial charge in [-0.05, 0) is 0 Å². The van der Waals surface area contributed by atoms with Crippen LogP contribution in [0.15, 0.2) is 0 Å². The van der Waals surface area contributed by atoms with Crippen molar-refractivity contribution in [3.8, 4) is 0 Å². The van der Waals surface area contributed by atoms with Crippen LogP contribution in [0.5, 0.6) is 0 Å². The Balaban J connectivity index is 2.15. The second kappa shape index (κ2) is 4.48. The van der Waals surface area contributed by atoms with Gasteiger partial charge < -0.3 is 14.7 Å². The van der Waals surface area contributed by atoms with Crippen LogP contribution >= 0.6 is 0 Å². The van der Waals surface area contributed by atoms with Gasteiger partial charge in [-0.1, -0.05) is 0 Å². The Morgan fingerprint density at radius 1 is 1.44 bits per heavy atom. The van der Waals surface area contributed by atoms with E-state index in [1.54, 1.807) is 11.6 Å². The molecule has 16 heavy (non-hydrogen) atoms. The summed E-state index contributed by atoms with van der Waals surface area (Å²) in [5.74, 6) is 0.276. The molecule has 0 bridgehead atoms. The number of carbonyl (C=O) groups is 1. The highest BCUT2D eigenvalue weighted by molar-refractivity contribution is 5.69. The molecule has 7 nitrogen and oxygen atoms in total. The number of rotatable bonds is 3. The first-order valence-corrected chi connectivity index (χ1v) is 5.11. The topological polar surface area (TPSA) is 80.5 Å². The molecule has 0 aliphatic carbocycles. The average molecular weight is 226 g/mol. The molecule has 0 unspecified atom stereocenters. The van der Waals surface area contributed by atoms with Gasteiger partial charge in [0.15, 0.2) is 0 Å². The van der Waals surface area contributed by atoms with Gasteiger partial charge >= 0.3 is 5.97 Å². The quantitative estimate of drug-likeness (QED) is 0.732. The maximum atomic E-state index is 10.6. The smallest absolute Gasteiger partial charge is 0.311 e. The Hall–Kier alpha value is -1.63. The van der Waals surface area contributed by atoms with Gasteiger partial charge in [-0.3, -0.25) is 9.36 Å². The number of aromatic nitrogens is 3. The Kier molecular flexibility index (Phi) is 3.04. The molecule has 2 heterocycles. The summed E-state index contributed by atoms with van der Waals surface area (Å²) < 4.78 is 6.96. The number of ether oxygens (including phenoxy) is 1. The third-order valence-electron chi connectivity index (χ3n) is 2.55. The van der Waals surface area contributed by atoms with E-state index in [2.05, 4.69) is 10.2 Å². The molecule has 7 heteroatoms. The van der Waals surface area contributed by atoms with Gasteiger partial charge in [-0.25, -0.2) is 0 Å². The number of hydrogen-bond donors (Lipinski definition) is 1. The fourth-order valence-corrected chi connectivity index (χ4v) is 1.68. The first kappa shape index (κ1) is 10.9. The number of carboxylic acids is 1. The van der Waals surface area contributed by atoms with Crippen LogP contribution in [0.1, 0.15) is 5.82 Å². The minimum absolute atomic E-state index is 0.103. The fourth-order valence-electron chi connectivity index (χ4n) is 1.68. The van der Waals surface area contributed by atoms with E-state index in [0.29, 0.717) is 25.0 Å². The molecule has 1 aliphatic rings. The SMILES string of the molecule is Cn1c(CC(=O)O)nnc1N1CCOCC1. The highest BCUT2D eigenvalue weighted by Crippen LogP contribution is 2.13. The predicted molar refractivity (Wildman–Crippen MR) is 55.4 cm³/mol. The largest absolute Gasteiger partial charge is 0.481 e. The van der Waals surface area contributed by atoms with Crippen molar-refractivity contribution in [3.05, 3.63) is 5.82 Å². The summed E-state index contributed by atoms with van der Waals surface area (Å²) in [7, 11) is 1.78. The van der Waals surface area contributed by atoms with Crippen LogP contribution in [0, 0.1) is 0 Å². The maximum absolute atomic E-state index is 10.6. The zero-order chi connectivity index (χ0) is 11.5. The van der Waals surface area contributed by atoms with Crippen LogP contribution in [0.4, 0.5) is 5.95 Å². The van der Waals surface area contributed by atoms with E-state index in [4.69, 9.17) is 9.84 Å². The monoisotopic (exact) mass is 226 g/mol. The van der Waals surface area contributed by atoms with Crippen molar-refractivity contribution in [2.75, 3.05) is 31.2 Å². The molecule has 0 atom stereocenters. The van der Waals surface area contributed by atoms with Crippen LogP contribution in [-0.2, 0) is 23.0 Å². The first-order valence-electron chi connectivity index (χ1n) is 5.11. The minimum Gasteiger partial charge on any atom is -0.481 e. The zero-order valence-electron chi connectivity index (χ0n) is 9.09. The van der Waals surface area contributed by atoms with Crippen molar-refractivity contribution < 1.29 is 14.6 Å². The Labute approximate surface area is 92.6 Å². The van der Waals surface area contributed by atoms with Crippen molar-refractivity contribution >= 4 is 11.9 Å². The van der Waals surface area contributed by atoms with Crippen molar-refractivity contribution in [1.82, 2.24) is 14.8 Å². The molecule has 1 aliphatic heterocycles. The van der Waals surface area contributed by atoms with E-state index in [1.807, 2.05) is 4.90 Å². The number of nitrogens with zero attached hydrogens (tertiary/aromatic N) is 4. The molecule has 1 aromatic rings. The zero-order valence-corrected chi connectivity index (χ0v) is 9.09. The van der Waals surface area contributed by atoms with Gasteiger partial charge in [0.25, 0.3) is 0 Å². The second-order valence-electron chi connectivity index (χ2n) is 3.65. The molecule has 1 saturated heterocycles.